The molecular formula is C8H16O4Si. The van der Waals surface area contributed by atoms with Gasteiger partial charge in [-0.1, -0.05) is 20.8 Å². The molecule has 76 valence electrons. The predicted molar refractivity (Wildman–Crippen MR) is 50.9 cm³/mol. The Hall–Kier alpha value is -0.843. The van der Waals surface area contributed by atoms with Gasteiger partial charge in [0.05, 0.1) is 0 Å². The fourth-order valence-electron chi connectivity index (χ4n) is 0.428. The summed E-state index contributed by atoms with van der Waals surface area (Å²) in [5.41, 5.74) is 0. The summed E-state index contributed by atoms with van der Waals surface area (Å²) in [5, 5.41) is 8.20. The maximum atomic E-state index is 10.8. The molecule has 0 unspecified atom stereocenters. The van der Waals surface area contributed by atoms with Crippen LogP contribution in [-0.2, 0) is 14.0 Å². The molecule has 0 spiro atoms. The summed E-state index contributed by atoms with van der Waals surface area (Å²) >= 11 is 0. The highest BCUT2D eigenvalue weighted by atomic mass is 28.4. The van der Waals surface area contributed by atoms with Crippen LogP contribution in [0, 0.1) is 0 Å². The van der Waals surface area contributed by atoms with E-state index in [2.05, 4.69) is 0 Å². The molecule has 0 bridgehead atoms. The lowest BCUT2D eigenvalue weighted by atomic mass is 10.2. The highest BCUT2D eigenvalue weighted by molar-refractivity contribution is 6.76. The van der Waals surface area contributed by atoms with Crippen LogP contribution in [0.25, 0.3) is 0 Å². The van der Waals surface area contributed by atoms with Crippen molar-refractivity contribution in [2.45, 2.75) is 38.9 Å². The first-order valence-electron chi connectivity index (χ1n) is 4.04. The molecule has 0 aliphatic carbocycles. The third-order valence-electron chi connectivity index (χ3n) is 2.33. The molecule has 0 atom stereocenters. The summed E-state index contributed by atoms with van der Waals surface area (Å²) in [4.78, 5) is 21.1. The predicted octanol–water partition coefficient (Wildman–Crippen LogP) is 1.62. The molecule has 0 aromatic rings. The van der Waals surface area contributed by atoms with E-state index in [0.717, 1.165) is 0 Å². The van der Waals surface area contributed by atoms with Gasteiger partial charge in [0, 0.05) is 0 Å². The highest BCUT2D eigenvalue weighted by Gasteiger charge is 2.41. The maximum absolute atomic E-state index is 10.8. The zero-order valence-corrected chi connectivity index (χ0v) is 9.67. The smallest absolute Gasteiger partial charge is 0.413 e. The van der Waals surface area contributed by atoms with Crippen molar-refractivity contribution in [3.63, 3.8) is 0 Å². The van der Waals surface area contributed by atoms with Crippen LogP contribution >= 0.6 is 0 Å². The van der Waals surface area contributed by atoms with Crippen LogP contribution in [0.1, 0.15) is 20.8 Å². The molecule has 0 aliphatic rings. The molecule has 5 heteroatoms. The average Bonchev–Trinajstić information content (AvgIpc) is 1.83. The van der Waals surface area contributed by atoms with E-state index in [9.17, 15) is 9.59 Å². The lowest BCUT2D eigenvalue weighted by molar-refractivity contribution is -0.158. The van der Waals surface area contributed by atoms with Crippen LogP contribution in [0.2, 0.25) is 18.1 Å². The fourth-order valence-corrected chi connectivity index (χ4v) is 1.29. The van der Waals surface area contributed by atoms with Gasteiger partial charge in [0.15, 0.2) is 0 Å². The van der Waals surface area contributed by atoms with E-state index < -0.39 is 20.3 Å². The van der Waals surface area contributed by atoms with E-state index in [0.29, 0.717) is 0 Å². The average molecular weight is 204 g/mol. The second kappa shape index (κ2) is 3.49. The summed E-state index contributed by atoms with van der Waals surface area (Å²) in [5.74, 6) is -2.67. The van der Waals surface area contributed by atoms with Crippen LogP contribution in [0.3, 0.4) is 0 Å². The van der Waals surface area contributed by atoms with Crippen LogP contribution in [0.4, 0.5) is 0 Å². The van der Waals surface area contributed by atoms with E-state index in [-0.39, 0.29) is 5.04 Å². The van der Waals surface area contributed by atoms with E-state index >= 15 is 0 Å². The van der Waals surface area contributed by atoms with Gasteiger partial charge in [-0.05, 0) is 18.1 Å². The highest BCUT2D eigenvalue weighted by Crippen LogP contribution is 2.36. The summed E-state index contributed by atoms with van der Waals surface area (Å²) in [6, 6.07) is 0. The van der Waals surface area contributed by atoms with Gasteiger partial charge >= 0.3 is 11.9 Å². The summed E-state index contributed by atoms with van der Waals surface area (Å²) in [6.45, 7) is 9.47. The summed E-state index contributed by atoms with van der Waals surface area (Å²) < 4.78 is 4.96. The second-order valence-corrected chi connectivity index (χ2v) is 9.18. The molecule has 0 saturated heterocycles. The van der Waals surface area contributed by atoms with Gasteiger partial charge in [0.25, 0.3) is 8.32 Å². The number of carboxylic acids is 1. The molecule has 0 heterocycles. The molecule has 0 saturated carbocycles. The van der Waals surface area contributed by atoms with Gasteiger partial charge in [-0.15, -0.1) is 0 Å². The Kier molecular flexibility index (Phi) is 3.26. The molecule has 13 heavy (non-hydrogen) atoms. The Morgan fingerprint density at radius 1 is 1.23 bits per heavy atom. The number of carbonyl (C=O) groups is 2. The minimum atomic E-state index is -2.26. The SMILES string of the molecule is CC(C)(C)[Si](C)(C)OC(=O)C(=O)O. The molecule has 0 amide bonds. The van der Waals surface area contributed by atoms with Crippen LogP contribution in [0.15, 0.2) is 0 Å². The largest absolute Gasteiger partial charge is 0.511 e. The van der Waals surface area contributed by atoms with Gasteiger partial charge in [-0.2, -0.15) is 0 Å². The number of carboxylic acid groups (broad SMARTS) is 1. The van der Waals surface area contributed by atoms with Crippen molar-refractivity contribution in [3.8, 4) is 0 Å². The fraction of sp³-hybridized carbons (Fsp3) is 0.750. The van der Waals surface area contributed by atoms with Gasteiger partial charge < -0.3 is 9.53 Å². The summed E-state index contributed by atoms with van der Waals surface area (Å²) in [6.07, 6.45) is 0. The second-order valence-electron chi connectivity index (χ2n) is 4.45. The number of hydrogen-bond donors (Lipinski definition) is 1. The van der Waals surface area contributed by atoms with Crippen LogP contribution in [-0.4, -0.2) is 25.4 Å². The first-order chi connectivity index (χ1) is 5.58. The number of hydrogen-bond acceptors (Lipinski definition) is 3. The lowest BCUT2D eigenvalue weighted by Gasteiger charge is -2.34. The van der Waals surface area contributed by atoms with Crippen molar-refractivity contribution in [2.24, 2.45) is 0 Å². The van der Waals surface area contributed by atoms with Crippen molar-refractivity contribution in [1.82, 2.24) is 0 Å². The third-order valence-corrected chi connectivity index (χ3v) is 6.64. The zero-order valence-electron chi connectivity index (χ0n) is 8.67. The Labute approximate surface area is 79.0 Å². The van der Waals surface area contributed by atoms with E-state index in [1.54, 1.807) is 0 Å². The Bertz CT molecular complexity index is 227. The monoisotopic (exact) mass is 204 g/mol. The lowest BCUT2D eigenvalue weighted by Crippen LogP contribution is -2.44. The molecular weight excluding hydrogens is 188 g/mol. The van der Waals surface area contributed by atoms with Crippen molar-refractivity contribution < 1.29 is 19.1 Å². The number of carbonyl (C=O) groups excluding carboxylic acids is 1. The number of aliphatic carboxylic acids is 1. The van der Waals surface area contributed by atoms with Crippen LogP contribution < -0.4 is 0 Å². The molecule has 0 radical (unpaired) electrons. The normalized spacial score (nSPS) is 12.4. The van der Waals surface area contributed by atoms with Crippen molar-refractivity contribution in [3.05, 3.63) is 0 Å². The number of rotatable bonds is 1. The van der Waals surface area contributed by atoms with Gasteiger partial charge in [0.2, 0.25) is 0 Å². The van der Waals surface area contributed by atoms with E-state index in [1.165, 1.54) is 0 Å². The van der Waals surface area contributed by atoms with Crippen molar-refractivity contribution >= 4 is 20.3 Å². The van der Waals surface area contributed by atoms with Crippen LogP contribution in [0.5, 0.6) is 0 Å². The molecule has 0 rings (SSSR count). The Balaban J connectivity index is 4.53. The molecule has 1 N–H and O–H groups in total. The molecule has 0 aliphatic heterocycles. The molecule has 4 nitrogen and oxygen atoms in total. The minimum Gasteiger partial charge on any atom is -0.511 e. The topological polar surface area (TPSA) is 63.6 Å². The van der Waals surface area contributed by atoms with Crippen molar-refractivity contribution in [2.75, 3.05) is 0 Å². The maximum Gasteiger partial charge on any atom is 0.413 e. The standard InChI is InChI=1S/C8H16O4Si/c1-8(2,3)13(4,5)12-7(11)6(9)10/h1-5H3,(H,9,10). The zero-order chi connectivity index (χ0) is 10.9. The molecule has 0 fully saturated rings. The summed E-state index contributed by atoms with van der Waals surface area (Å²) in [7, 11) is -2.26. The Morgan fingerprint density at radius 2 is 1.62 bits per heavy atom. The quantitative estimate of drug-likeness (QED) is 0.520. The molecule has 0 aromatic carbocycles. The van der Waals surface area contributed by atoms with Crippen molar-refractivity contribution in [1.29, 1.82) is 0 Å². The van der Waals surface area contributed by atoms with Gasteiger partial charge in [-0.3, -0.25) is 0 Å². The first kappa shape index (κ1) is 12.2. The molecule has 0 aromatic heterocycles. The first-order valence-corrected chi connectivity index (χ1v) is 6.95. The van der Waals surface area contributed by atoms with Gasteiger partial charge in [-0.25, -0.2) is 9.59 Å². The van der Waals surface area contributed by atoms with E-state index in [1.807, 2.05) is 33.9 Å². The van der Waals surface area contributed by atoms with E-state index in [4.69, 9.17) is 9.53 Å². The third kappa shape index (κ3) is 3.18. The Morgan fingerprint density at radius 3 is 1.85 bits per heavy atom. The van der Waals surface area contributed by atoms with Gasteiger partial charge in [0.1, 0.15) is 0 Å². The minimum absolute atomic E-state index is 0.155.